The number of aliphatic hydroxyl groups is 1. The molecule has 0 bridgehead atoms. The van der Waals surface area contributed by atoms with Crippen LogP contribution in [0.5, 0.6) is 0 Å². The van der Waals surface area contributed by atoms with Gasteiger partial charge in [0.05, 0.1) is 6.61 Å². The first-order valence-corrected chi connectivity index (χ1v) is 13.2. The van der Waals surface area contributed by atoms with Gasteiger partial charge in [0.15, 0.2) is 5.76 Å². The van der Waals surface area contributed by atoms with Crippen LogP contribution in [0.1, 0.15) is 74.0 Å². The number of amides is 1. The van der Waals surface area contributed by atoms with E-state index in [-0.39, 0.29) is 24.5 Å². The molecule has 2 atom stereocenters. The molecule has 186 valence electrons. The van der Waals surface area contributed by atoms with Gasteiger partial charge < -0.3 is 19.5 Å². The van der Waals surface area contributed by atoms with E-state index in [2.05, 4.69) is 42.5 Å². The van der Waals surface area contributed by atoms with Crippen molar-refractivity contribution in [3.05, 3.63) is 71.0 Å². The summed E-state index contributed by atoms with van der Waals surface area (Å²) >= 11 is 0. The summed E-state index contributed by atoms with van der Waals surface area (Å²) in [6.45, 7) is 0.669. The van der Waals surface area contributed by atoms with E-state index in [0.29, 0.717) is 25.2 Å². The van der Waals surface area contributed by atoms with Crippen molar-refractivity contribution in [2.24, 2.45) is 0 Å². The third-order valence-electron chi connectivity index (χ3n) is 7.81. The van der Waals surface area contributed by atoms with Gasteiger partial charge in [-0.2, -0.15) is 0 Å². The topological polar surface area (TPSA) is 59.0 Å². The number of likely N-dealkylation sites (N-methyl/N-ethyl adjacent to an activating group) is 1. The first kappa shape index (κ1) is 24.1. The van der Waals surface area contributed by atoms with Gasteiger partial charge in [0.1, 0.15) is 0 Å². The Balaban J connectivity index is 1.37. The maximum Gasteiger partial charge on any atom is 0.288 e. The Labute approximate surface area is 208 Å². The molecule has 5 nitrogen and oxygen atoms in total. The summed E-state index contributed by atoms with van der Waals surface area (Å²) in [5, 5.41) is 9.09. The average molecular weight is 476 g/mol. The second kappa shape index (κ2) is 11.0. The van der Waals surface area contributed by atoms with Crippen LogP contribution >= 0.6 is 0 Å². The summed E-state index contributed by atoms with van der Waals surface area (Å²) < 4.78 is 12.2. The largest absolute Gasteiger partial charge is 0.459 e. The Hall–Kier alpha value is -2.63. The molecule has 2 aliphatic carbocycles. The molecule has 1 amide bonds. The Morgan fingerprint density at radius 3 is 2.69 bits per heavy atom. The third kappa shape index (κ3) is 5.31. The molecule has 5 rings (SSSR count). The molecule has 0 spiro atoms. The third-order valence-corrected chi connectivity index (χ3v) is 7.81. The summed E-state index contributed by atoms with van der Waals surface area (Å²) in [7, 11) is 1.91. The molecule has 2 aromatic rings. The van der Waals surface area contributed by atoms with E-state index in [1.54, 1.807) is 0 Å². The summed E-state index contributed by atoms with van der Waals surface area (Å²) in [6.07, 6.45) is 10.4. The molecular weight excluding hydrogens is 438 g/mol. The highest BCUT2D eigenvalue weighted by Gasteiger charge is 2.33. The van der Waals surface area contributed by atoms with E-state index in [1.807, 2.05) is 18.0 Å². The highest BCUT2D eigenvalue weighted by atomic mass is 16.7. The molecule has 0 unspecified atom stereocenters. The number of hydrogen-bond donors (Lipinski definition) is 1. The first-order chi connectivity index (χ1) is 17.1. The number of aliphatic hydroxyl groups excluding tert-OH is 1. The zero-order chi connectivity index (χ0) is 24.2. The van der Waals surface area contributed by atoms with Crippen molar-refractivity contribution in [1.82, 2.24) is 4.90 Å². The molecular formula is C30H37NO4. The molecule has 1 N–H and O–H groups in total. The summed E-state index contributed by atoms with van der Waals surface area (Å²) in [4.78, 5) is 15.4. The fourth-order valence-corrected chi connectivity index (χ4v) is 5.78. The van der Waals surface area contributed by atoms with Gasteiger partial charge in [-0.25, -0.2) is 0 Å². The molecule has 1 fully saturated rings. The number of carbonyl (C=O) groups excluding carboxylic acids is 1. The van der Waals surface area contributed by atoms with Crippen LogP contribution in [-0.2, 0) is 20.7 Å². The molecule has 0 saturated heterocycles. The zero-order valence-corrected chi connectivity index (χ0v) is 20.7. The normalized spacial score (nSPS) is 21.6. The van der Waals surface area contributed by atoms with Crippen molar-refractivity contribution in [2.45, 2.75) is 76.0 Å². The van der Waals surface area contributed by atoms with Crippen molar-refractivity contribution in [1.29, 1.82) is 0 Å². The molecule has 0 aromatic heterocycles. The second-order valence-electron chi connectivity index (χ2n) is 10.2. The Morgan fingerprint density at radius 1 is 1.06 bits per heavy atom. The molecule has 1 heterocycles. The van der Waals surface area contributed by atoms with Crippen LogP contribution in [0.4, 0.5) is 0 Å². The van der Waals surface area contributed by atoms with Gasteiger partial charge in [0.2, 0.25) is 6.29 Å². The van der Waals surface area contributed by atoms with Crippen LogP contribution in [-0.4, -0.2) is 48.5 Å². The number of hydrogen-bond acceptors (Lipinski definition) is 4. The minimum absolute atomic E-state index is 0.0425. The number of benzene rings is 2. The molecule has 0 radical (unpaired) electrons. The van der Waals surface area contributed by atoms with Crippen molar-refractivity contribution in [2.75, 3.05) is 20.3 Å². The zero-order valence-electron chi connectivity index (χ0n) is 20.7. The van der Waals surface area contributed by atoms with Gasteiger partial charge in [-0.1, -0.05) is 61.7 Å². The van der Waals surface area contributed by atoms with Crippen LogP contribution in [0.25, 0.3) is 11.1 Å². The highest BCUT2D eigenvalue weighted by molar-refractivity contribution is 5.92. The van der Waals surface area contributed by atoms with E-state index >= 15 is 0 Å². The number of nitrogens with zero attached hydrogens (tertiary/aromatic N) is 1. The number of allylic oxidation sites excluding steroid dienone is 1. The van der Waals surface area contributed by atoms with Crippen molar-refractivity contribution >= 4 is 5.91 Å². The van der Waals surface area contributed by atoms with Crippen LogP contribution in [0, 0.1) is 0 Å². The predicted octanol–water partition coefficient (Wildman–Crippen LogP) is 5.55. The number of rotatable bonds is 8. The summed E-state index contributed by atoms with van der Waals surface area (Å²) in [5.41, 5.74) is 6.56. The SMILES string of the molecule is CN(C(=O)C1=C[C@H](c2ccc3c(c2)Cc2ccccc2-3)C[C@H](OCCCCO)O1)C1CCCCC1. The molecule has 3 aliphatic rings. The fourth-order valence-electron chi connectivity index (χ4n) is 5.78. The molecule has 35 heavy (non-hydrogen) atoms. The minimum Gasteiger partial charge on any atom is -0.459 e. The van der Waals surface area contributed by atoms with Crippen LogP contribution in [0.2, 0.25) is 0 Å². The van der Waals surface area contributed by atoms with Crippen molar-refractivity contribution in [3.63, 3.8) is 0 Å². The summed E-state index contributed by atoms with van der Waals surface area (Å²) in [5.74, 6) is 0.420. The predicted molar refractivity (Wildman–Crippen MR) is 137 cm³/mol. The lowest BCUT2D eigenvalue weighted by molar-refractivity contribution is -0.153. The molecule has 2 aromatic carbocycles. The summed E-state index contributed by atoms with van der Waals surface area (Å²) in [6, 6.07) is 15.6. The Bertz CT molecular complexity index is 1070. The molecule has 5 heteroatoms. The number of ether oxygens (including phenoxy) is 2. The van der Waals surface area contributed by atoms with Crippen LogP contribution < -0.4 is 0 Å². The molecule has 1 saturated carbocycles. The Morgan fingerprint density at radius 2 is 1.86 bits per heavy atom. The number of carbonyl (C=O) groups is 1. The van der Waals surface area contributed by atoms with Gasteiger partial charge in [-0.15, -0.1) is 0 Å². The quantitative estimate of drug-likeness (QED) is 0.434. The number of unbranched alkanes of at least 4 members (excludes halogenated alkanes) is 1. The Kier molecular flexibility index (Phi) is 7.54. The monoisotopic (exact) mass is 475 g/mol. The first-order valence-electron chi connectivity index (χ1n) is 13.2. The van der Waals surface area contributed by atoms with Gasteiger partial charge in [-0.3, -0.25) is 4.79 Å². The van der Waals surface area contributed by atoms with Gasteiger partial charge in [0.25, 0.3) is 5.91 Å². The molecule has 1 aliphatic heterocycles. The lowest BCUT2D eigenvalue weighted by Crippen LogP contribution is -2.41. The highest BCUT2D eigenvalue weighted by Crippen LogP contribution is 2.40. The van der Waals surface area contributed by atoms with Gasteiger partial charge in [-0.05, 0) is 66.0 Å². The van der Waals surface area contributed by atoms with Gasteiger partial charge in [0, 0.05) is 32.0 Å². The van der Waals surface area contributed by atoms with E-state index in [4.69, 9.17) is 14.6 Å². The lowest BCUT2D eigenvalue weighted by Gasteiger charge is -2.35. The van der Waals surface area contributed by atoms with Crippen LogP contribution in [0.15, 0.2) is 54.3 Å². The number of fused-ring (bicyclic) bond motifs is 3. The average Bonchev–Trinajstić information content (AvgIpc) is 3.28. The van der Waals surface area contributed by atoms with E-state index in [0.717, 1.165) is 25.7 Å². The van der Waals surface area contributed by atoms with Crippen molar-refractivity contribution < 1.29 is 19.4 Å². The van der Waals surface area contributed by atoms with Gasteiger partial charge >= 0.3 is 0 Å². The second-order valence-corrected chi connectivity index (χ2v) is 10.2. The lowest BCUT2D eigenvalue weighted by atomic mass is 9.90. The van der Waals surface area contributed by atoms with E-state index in [9.17, 15) is 4.79 Å². The standard InChI is InChI=1S/C30H37NO4/c1-31(25-10-3-2-4-11-25)30(33)28-19-23(20-29(35-28)34-16-8-7-15-32)21-13-14-27-24(17-21)18-22-9-5-6-12-26(22)27/h5-6,9,12-14,17,19,23,25,29,32H,2-4,7-8,10-11,15-16,18,20H2,1H3/t23-,29+/m0/s1. The maximum absolute atomic E-state index is 13.5. The fraction of sp³-hybridized carbons (Fsp3) is 0.500. The smallest absolute Gasteiger partial charge is 0.288 e. The van der Waals surface area contributed by atoms with Crippen LogP contribution in [0.3, 0.4) is 0 Å². The maximum atomic E-state index is 13.5. The van der Waals surface area contributed by atoms with E-state index in [1.165, 1.54) is 47.1 Å². The minimum atomic E-state index is -0.465. The van der Waals surface area contributed by atoms with Crippen molar-refractivity contribution in [3.8, 4) is 11.1 Å². The van der Waals surface area contributed by atoms with E-state index < -0.39 is 6.29 Å².